The summed E-state index contributed by atoms with van der Waals surface area (Å²) in [6.07, 6.45) is 4.95. The number of aromatic nitrogens is 2. The maximum absolute atomic E-state index is 12.2. The summed E-state index contributed by atoms with van der Waals surface area (Å²) >= 11 is 1.51. The minimum absolute atomic E-state index is 0.108. The van der Waals surface area contributed by atoms with Crippen LogP contribution in [0.4, 0.5) is 0 Å². The van der Waals surface area contributed by atoms with Crippen LogP contribution in [0.5, 0.6) is 5.75 Å². The molecule has 0 atom stereocenters. The molecule has 0 saturated carbocycles. The summed E-state index contributed by atoms with van der Waals surface area (Å²) in [5.74, 6) is 0.845. The van der Waals surface area contributed by atoms with E-state index in [1.54, 1.807) is 24.3 Å². The Balaban J connectivity index is 1.36. The van der Waals surface area contributed by atoms with Crippen molar-refractivity contribution in [1.82, 2.24) is 21.0 Å². The molecule has 0 spiro atoms. The first-order chi connectivity index (χ1) is 15.2. The highest BCUT2D eigenvalue weighted by Crippen LogP contribution is 2.21. The number of nitrogens with one attached hydrogen (secondary N) is 2. The van der Waals surface area contributed by atoms with Gasteiger partial charge in [-0.15, -0.1) is 11.3 Å². The van der Waals surface area contributed by atoms with Gasteiger partial charge in [0, 0.05) is 18.4 Å². The summed E-state index contributed by atoms with van der Waals surface area (Å²) < 4.78 is 10.8. The minimum atomic E-state index is -0.402. The van der Waals surface area contributed by atoms with Crippen LogP contribution in [0, 0.1) is 0 Å². The first-order valence-corrected chi connectivity index (χ1v) is 11.2. The van der Waals surface area contributed by atoms with E-state index in [2.05, 4.69) is 27.9 Å². The number of aryl methyl sites for hydroxylation is 1. The van der Waals surface area contributed by atoms with Gasteiger partial charge in [-0.2, -0.15) is 4.98 Å². The van der Waals surface area contributed by atoms with Gasteiger partial charge in [-0.3, -0.25) is 20.4 Å². The van der Waals surface area contributed by atoms with E-state index in [0.29, 0.717) is 23.9 Å². The molecule has 31 heavy (non-hydrogen) atoms. The van der Waals surface area contributed by atoms with Gasteiger partial charge in [0.1, 0.15) is 5.75 Å². The maximum Gasteiger partial charge on any atom is 0.269 e. The molecule has 1 aromatic carbocycles. The van der Waals surface area contributed by atoms with Gasteiger partial charge in [-0.05, 0) is 42.1 Å². The molecule has 2 aromatic heterocycles. The van der Waals surface area contributed by atoms with E-state index in [4.69, 9.17) is 9.26 Å². The van der Waals surface area contributed by atoms with Gasteiger partial charge >= 0.3 is 0 Å². The van der Waals surface area contributed by atoms with E-state index < -0.39 is 5.91 Å². The summed E-state index contributed by atoms with van der Waals surface area (Å²) in [4.78, 5) is 29.4. The molecule has 9 heteroatoms. The van der Waals surface area contributed by atoms with Crippen molar-refractivity contribution in [1.29, 1.82) is 0 Å². The molecule has 0 fully saturated rings. The topological polar surface area (TPSA) is 106 Å². The van der Waals surface area contributed by atoms with Gasteiger partial charge in [0.2, 0.25) is 17.6 Å². The second-order valence-electron chi connectivity index (χ2n) is 6.92. The van der Waals surface area contributed by atoms with E-state index in [9.17, 15) is 9.59 Å². The number of carbonyl (C=O) groups excluding carboxylic acids is 2. The standard InChI is InChI=1S/C22H26N4O4S/c1-2-3-4-5-14-29-17-10-8-16(9-11-17)22(28)25-24-19(27)12-13-20-23-21(26-30-20)18-7-6-15-31-18/h6-11,15H,2-5,12-14H2,1H3,(H,24,27)(H,25,28). The fraction of sp³-hybridized carbons (Fsp3) is 0.364. The van der Waals surface area contributed by atoms with Crippen LogP contribution in [0.15, 0.2) is 46.3 Å². The number of hydrazine groups is 1. The molecular weight excluding hydrogens is 416 g/mol. The van der Waals surface area contributed by atoms with Gasteiger partial charge in [0.15, 0.2) is 0 Å². The fourth-order valence-electron chi connectivity index (χ4n) is 2.77. The lowest BCUT2D eigenvalue weighted by atomic mass is 10.2. The Kier molecular flexibility index (Phi) is 8.59. The number of hydrogen-bond donors (Lipinski definition) is 2. The van der Waals surface area contributed by atoms with Crippen LogP contribution < -0.4 is 15.6 Å². The number of carbonyl (C=O) groups is 2. The van der Waals surface area contributed by atoms with Crippen molar-refractivity contribution >= 4 is 23.2 Å². The summed E-state index contributed by atoms with van der Waals surface area (Å²) in [7, 11) is 0. The number of amides is 2. The number of hydrogen-bond acceptors (Lipinski definition) is 7. The highest BCUT2D eigenvalue weighted by molar-refractivity contribution is 7.13. The van der Waals surface area contributed by atoms with Gasteiger partial charge < -0.3 is 9.26 Å². The zero-order valence-corrected chi connectivity index (χ0v) is 18.2. The van der Waals surface area contributed by atoms with Gasteiger partial charge in [-0.1, -0.05) is 37.4 Å². The van der Waals surface area contributed by atoms with Gasteiger partial charge in [0.05, 0.1) is 11.5 Å². The van der Waals surface area contributed by atoms with Crippen molar-refractivity contribution in [3.05, 3.63) is 53.2 Å². The van der Waals surface area contributed by atoms with Crippen molar-refractivity contribution in [2.45, 2.75) is 45.4 Å². The van der Waals surface area contributed by atoms with E-state index in [1.807, 2.05) is 17.5 Å². The van der Waals surface area contributed by atoms with Crippen molar-refractivity contribution < 1.29 is 18.8 Å². The molecule has 2 N–H and O–H groups in total. The van der Waals surface area contributed by atoms with E-state index in [0.717, 1.165) is 23.5 Å². The Labute approximate surface area is 185 Å². The van der Waals surface area contributed by atoms with Crippen LogP contribution in [-0.2, 0) is 11.2 Å². The van der Waals surface area contributed by atoms with Crippen LogP contribution in [0.3, 0.4) is 0 Å². The van der Waals surface area contributed by atoms with Crippen LogP contribution >= 0.6 is 11.3 Å². The van der Waals surface area contributed by atoms with E-state index >= 15 is 0 Å². The van der Waals surface area contributed by atoms with E-state index in [1.165, 1.54) is 24.2 Å². The number of rotatable bonds is 11. The van der Waals surface area contributed by atoms with Crippen molar-refractivity contribution in [3.63, 3.8) is 0 Å². The summed E-state index contributed by atoms with van der Waals surface area (Å²) in [5.41, 5.74) is 5.23. The Morgan fingerprint density at radius 1 is 1.10 bits per heavy atom. The molecular formula is C22H26N4O4S. The minimum Gasteiger partial charge on any atom is -0.494 e. The quantitative estimate of drug-likeness (QED) is 0.341. The number of thiophene rings is 1. The SMILES string of the molecule is CCCCCCOc1ccc(C(=O)NNC(=O)CCc2nc(-c3cccs3)no2)cc1. The van der Waals surface area contributed by atoms with Gasteiger partial charge in [0.25, 0.3) is 5.91 Å². The molecule has 2 amide bonds. The Bertz CT molecular complexity index is 954. The average Bonchev–Trinajstić information content (AvgIpc) is 3.48. The monoisotopic (exact) mass is 442 g/mol. The van der Waals surface area contributed by atoms with Crippen LogP contribution in [-0.4, -0.2) is 28.6 Å². The Morgan fingerprint density at radius 2 is 1.94 bits per heavy atom. The summed E-state index contributed by atoms with van der Waals surface area (Å²) in [5, 5.41) is 5.83. The van der Waals surface area contributed by atoms with E-state index in [-0.39, 0.29) is 18.7 Å². The van der Waals surface area contributed by atoms with Crippen molar-refractivity contribution in [3.8, 4) is 16.5 Å². The number of nitrogens with zero attached hydrogens (tertiary/aromatic N) is 2. The molecule has 3 rings (SSSR count). The highest BCUT2D eigenvalue weighted by Gasteiger charge is 2.12. The first-order valence-electron chi connectivity index (χ1n) is 10.3. The smallest absolute Gasteiger partial charge is 0.269 e. The summed E-state index contributed by atoms with van der Waals surface area (Å²) in [6.45, 7) is 2.83. The molecule has 0 bridgehead atoms. The first kappa shape index (κ1) is 22.5. The molecule has 8 nitrogen and oxygen atoms in total. The predicted molar refractivity (Wildman–Crippen MR) is 118 cm³/mol. The van der Waals surface area contributed by atoms with Crippen LogP contribution in [0.25, 0.3) is 10.7 Å². The zero-order valence-electron chi connectivity index (χ0n) is 17.4. The van der Waals surface area contributed by atoms with Crippen LogP contribution in [0.2, 0.25) is 0 Å². The second-order valence-corrected chi connectivity index (χ2v) is 7.87. The number of unbranched alkanes of at least 4 members (excludes halogenated alkanes) is 3. The average molecular weight is 443 g/mol. The molecule has 0 aliphatic carbocycles. The molecule has 164 valence electrons. The van der Waals surface area contributed by atoms with Crippen LogP contribution in [0.1, 0.15) is 55.3 Å². The predicted octanol–water partition coefficient (Wildman–Crippen LogP) is 4.15. The molecule has 3 aromatic rings. The number of ether oxygens (including phenoxy) is 1. The highest BCUT2D eigenvalue weighted by atomic mass is 32.1. The molecule has 0 unspecified atom stereocenters. The lowest BCUT2D eigenvalue weighted by Gasteiger charge is -2.08. The lowest BCUT2D eigenvalue weighted by Crippen LogP contribution is -2.41. The Hall–Kier alpha value is -3.20. The molecule has 0 radical (unpaired) electrons. The number of benzene rings is 1. The van der Waals surface area contributed by atoms with Crippen molar-refractivity contribution in [2.75, 3.05) is 6.61 Å². The third-order valence-corrected chi connectivity index (χ3v) is 5.34. The fourth-order valence-corrected chi connectivity index (χ4v) is 3.41. The summed E-state index contributed by atoms with van der Waals surface area (Å²) in [6, 6.07) is 10.6. The molecule has 0 aliphatic rings. The maximum atomic E-state index is 12.2. The molecule has 0 saturated heterocycles. The zero-order chi connectivity index (χ0) is 21.9. The van der Waals surface area contributed by atoms with Crippen molar-refractivity contribution in [2.24, 2.45) is 0 Å². The largest absolute Gasteiger partial charge is 0.494 e. The Morgan fingerprint density at radius 3 is 2.68 bits per heavy atom. The third kappa shape index (κ3) is 7.21. The molecule has 0 aliphatic heterocycles. The molecule has 2 heterocycles. The normalized spacial score (nSPS) is 10.6. The lowest BCUT2D eigenvalue weighted by molar-refractivity contribution is -0.121. The second kappa shape index (κ2) is 11.8. The van der Waals surface area contributed by atoms with Gasteiger partial charge in [-0.25, -0.2) is 0 Å². The third-order valence-electron chi connectivity index (χ3n) is 4.47.